The van der Waals surface area contributed by atoms with E-state index in [1.54, 1.807) is 48.5 Å². The van der Waals surface area contributed by atoms with E-state index >= 15 is 0 Å². The largest absolute Gasteiger partial charge is 0.445 e. The van der Waals surface area contributed by atoms with Crippen LogP contribution in [0, 0.1) is 15.8 Å². The number of carbonyl (C=O) groups excluding carboxylic acids is 2. The molecule has 0 fully saturated rings. The fraction of sp³-hybridized carbons (Fsp3) is 0.200. The Labute approximate surface area is 229 Å². The summed E-state index contributed by atoms with van der Waals surface area (Å²) in [6, 6.07) is 16.1. The van der Waals surface area contributed by atoms with Gasteiger partial charge in [0.25, 0.3) is 0 Å². The van der Waals surface area contributed by atoms with Crippen LogP contribution in [-0.2, 0) is 29.8 Å². The van der Waals surface area contributed by atoms with Gasteiger partial charge in [0.15, 0.2) is 5.76 Å². The fourth-order valence-electron chi connectivity index (χ4n) is 3.25. The maximum Gasteiger partial charge on any atom is 0.408 e. The molecule has 13 heteroatoms. The van der Waals surface area contributed by atoms with Crippen LogP contribution in [0.2, 0.25) is 5.02 Å². The van der Waals surface area contributed by atoms with Gasteiger partial charge in [-0.1, -0.05) is 54.2 Å². The highest BCUT2D eigenvalue weighted by molar-refractivity contribution is 7.73. The number of hydrogen-bond acceptors (Lipinski definition) is 9. The highest BCUT2D eigenvalue weighted by Crippen LogP contribution is 2.49. The molecule has 0 radical (unpaired) electrons. The van der Waals surface area contributed by atoms with Gasteiger partial charge in [0.1, 0.15) is 29.6 Å². The molecule has 0 aliphatic carbocycles. The number of nitriles is 1. The van der Waals surface area contributed by atoms with Crippen LogP contribution in [0.15, 0.2) is 59.0 Å². The molecule has 198 valence electrons. The van der Waals surface area contributed by atoms with E-state index in [1.165, 1.54) is 6.92 Å². The highest BCUT2D eigenvalue weighted by Gasteiger charge is 2.35. The van der Waals surface area contributed by atoms with Crippen molar-refractivity contribution >= 4 is 54.6 Å². The van der Waals surface area contributed by atoms with Crippen LogP contribution in [0.5, 0.6) is 0 Å². The third-order valence-electron chi connectivity index (χ3n) is 5.24. The van der Waals surface area contributed by atoms with Crippen molar-refractivity contribution in [3.63, 3.8) is 0 Å². The first-order chi connectivity index (χ1) is 18.1. The van der Waals surface area contributed by atoms with Crippen molar-refractivity contribution in [3.05, 3.63) is 75.3 Å². The van der Waals surface area contributed by atoms with Gasteiger partial charge in [0.05, 0.1) is 4.51 Å². The minimum absolute atomic E-state index is 0.00470. The molecule has 3 aromatic rings. The Morgan fingerprint density at radius 1 is 1.13 bits per heavy atom. The molecule has 1 atom stereocenters. The van der Waals surface area contributed by atoms with Gasteiger partial charge in [-0.2, -0.15) is 5.26 Å². The van der Waals surface area contributed by atoms with Gasteiger partial charge in [-0.15, -0.1) is 0 Å². The molecular formula is C25H23ClN3O7PS. The van der Waals surface area contributed by atoms with E-state index in [-0.39, 0.29) is 33.6 Å². The van der Waals surface area contributed by atoms with E-state index in [0.717, 1.165) is 19.8 Å². The predicted molar refractivity (Wildman–Crippen MR) is 144 cm³/mol. The van der Waals surface area contributed by atoms with Crippen LogP contribution in [0.1, 0.15) is 18.1 Å². The standard InChI is InChI=1S/C25H23ClN3O7PS/c1-15(28-25(31)35-14-16-7-5-4-6-8-16)23(30)29-24-21(37(32,33-2)34-3)22(38)19(13-27)20(36-24)17-9-11-18(26)12-10-17/h4-12,15H,14H2,1-3H3,(H,28,31)(H,29,30)/t15-/m1/s1. The monoisotopic (exact) mass is 575 g/mol. The Balaban J connectivity index is 1.94. The van der Waals surface area contributed by atoms with E-state index in [9.17, 15) is 19.4 Å². The second-order valence-corrected chi connectivity index (χ2v) is 10.7. The second kappa shape index (κ2) is 12.8. The number of amides is 2. The van der Waals surface area contributed by atoms with Crippen molar-refractivity contribution < 1.29 is 32.4 Å². The van der Waals surface area contributed by atoms with Crippen LogP contribution in [0.3, 0.4) is 0 Å². The van der Waals surface area contributed by atoms with Crippen molar-refractivity contribution in [2.75, 3.05) is 19.5 Å². The molecule has 2 aromatic carbocycles. The number of nitrogens with zero attached hydrogens (tertiary/aromatic N) is 1. The number of halogens is 1. The summed E-state index contributed by atoms with van der Waals surface area (Å²) in [4.78, 5) is 25.2. The summed E-state index contributed by atoms with van der Waals surface area (Å²) in [6.07, 6.45) is -0.834. The quantitative estimate of drug-likeness (QED) is 0.247. The first-order valence-electron chi connectivity index (χ1n) is 11.0. The lowest BCUT2D eigenvalue weighted by atomic mass is 10.1. The minimum atomic E-state index is -4.12. The molecule has 0 aliphatic heterocycles. The van der Waals surface area contributed by atoms with Gasteiger partial charge >= 0.3 is 13.7 Å². The molecule has 2 N–H and O–H groups in total. The number of hydrogen-bond donors (Lipinski definition) is 2. The maximum absolute atomic E-state index is 13.4. The lowest BCUT2D eigenvalue weighted by Gasteiger charge is -2.20. The van der Waals surface area contributed by atoms with Crippen LogP contribution in [0.4, 0.5) is 10.7 Å². The molecule has 0 saturated heterocycles. The first-order valence-corrected chi connectivity index (χ1v) is 13.3. The average molecular weight is 576 g/mol. The fourth-order valence-corrected chi connectivity index (χ4v) is 5.17. The zero-order valence-corrected chi connectivity index (χ0v) is 23.0. The molecule has 0 unspecified atom stereocenters. The number of alkyl carbamates (subject to hydrolysis) is 1. The smallest absolute Gasteiger partial charge is 0.408 e. The molecule has 0 aliphatic rings. The van der Waals surface area contributed by atoms with Gasteiger partial charge in [-0.3, -0.25) is 14.7 Å². The minimum Gasteiger partial charge on any atom is -0.445 e. The summed E-state index contributed by atoms with van der Waals surface area (Å²) in [5.41, 5.74) is 1.06. The van der Waals surface area contributed by atoms with Crippen LogP contribution < -0.4 is 15.9 Å². The molecule has 3 rings (SSSR count). The average Bonchev–Trinajstić information content (AvgIpc) is 2.92. The Hall–Kier alpha value is -3.52. The third kappa shape index (κ3) is 6.67. The molecule has 10 nitrogen and oxygen atoms in total. The van der Waals surface area contributed by atoms with Crippen molar-refractivity contribution in [1.29, 1.82) is 5.26 Å². The van der Waals surface area contributed by atoms with Crippen molar-refractivity contribution in [3.8, 4) is 17.4 Å². The van der Waals surface area contributed by atoms with E-state index in [2.05, 4.69) is 10.6 Å². The summed E-state index contributed by atoms with van der Waals surface area (Å²) in [5, 5.41) is 14.8. The molecular weight excluding hydrogens is 553 g/mol. The van der Waals surface area contributed by atoms with Crippen molar-refractivity contribution in [1.82, 2.24) is 5.32 Å². The van der Waals surface area contributed by atoms with E-state index in [4.69, 9.17) is 42.0 Å². The van der Waals surface area contributed by atoms with Crippen LogP contribution >= 0.6 is 31.4 Å². The van der Waals surface area contributed by atoms with Crippen LogP contribution in [0.25, 0.3) is 11.3 Å². The number of anilines is 1. The lowest BCUT2D eigenvalue weighted by molar-refractivity contribution is -0.117. The number of ether oxygens (including phenoxy) is 1. The molecule has 0 saturated carbocycles. The topological polar surface area (TPSA) is 140 Å². The van der Waals surface area contributed by atoms with Crippen LogP contribution in [-0.4, -0.2) is 32.3 Å². The Kier molecular flexibility index (Phi) is 9.80. The van der Waals surface area contributed by atoms with Gasteiger partial charge in [0.2, 0.25) is 11.8 Å². The number of nitrogens with one attached hydrogen (secondary N) is 2. The summed E-state index contributed by atoms with van der Waals surface area (Å²) in [7, 11) is -1.88. The predicted octanol–water partition coefficient (Wildman–Crippen LogP) is 5.57. The number of carbonyl (C=O) groups is 2. The summed E-state index contributed by atoms with van der Waals surface area (Å²) in [5.74, 6) is -1.14. The normalized spacial score (nSPS) is 11.8. The number of benzene rings is 2. The van der Waals surface area contributed by atoms with Gasteiger partial charge in [-0.05, 0) is 36.8 Å². The summed E-state index contributed by atoms with van der Waals surface area (Å²) in [6.45, 7) is 1.41. The third-order valence-corrected chi connectivity index (χ3v) is 7.99. The molecule has 0 spiro atoms. The Morgan fingerprint density at radius 3 is 2.34 bits per heavy atom. The zero-order chi connectivity index (χ0) is 27.9. The number of rotatable bonds is 9. The van der Waals surface area contributed by atoms with Gasteiger partial charge in [-0.25, -0.2) is 4.79 Å². The maximum atomic E-state index is 13.4. The van der Waals surface area contributed by atoms with E-state index in [1.807, 2.05) is 12.1 Å². The molecule has 2 amide bonds. The molecule has 0 bridgehead atoms. The molecule has 1 aromatic heterocycles. The van der Waals surface area contributed by atoms with Gasteiger partial charge < -0.3 is 23.5 Å². The zero-order valence-electron chi connectivity index (χ0n) is 20.5. The Morgan fingerprint density at radius 2 is 1.76 bits per heavy atom. The van der Waals surface area contributed by atoms with E-state index in [0.29, 0.717) is 10.6 Å². The van der Waals surface area contributed by atoms with Gasteiger partial charge in [0, 0.05) is 24.8 Å². The van der Waals surface area contributed by atoms with E-state index < -0.39 is 25.6 Å². The highest BCUT2D eigenvalue weighted by atomic mass is 35.5. The molecule has 38 heavy (non-hydrogen) atoms. The summed E-state index contributed by atoms with van der Waals surface area (Å²) < 4.78 is 34.3. The van der Waals surface area contributed by atoms with Crippen molar-refractivity contribution in [2.45, 2.75) is 19.6 Å². The first kappa shape index (κ1) is 29.0. The summed E-state index contributed by atoms with van der Waals surface area (Å²) >= 11 is 11.4. The van der Waals surface area contributed by atoms with Crippen molar-refractivity contribution in [2.24, 2.45) is 0 Å². The SMILES string of the molecule is COP(=O)(OC)c1c(NC(=O)[C@@H](C)NC(=O)OCc2ccccc2)oc(-c2ccc(Cl)cc2)c(C#N)c1=S. The molecule has 1 heterocycles. The lowest BCUT2D eigenvalue weighted by Crippen LogP contribution is -2.42. The Bertz CT molecular complexity index is 1470. The second-order valence-electron chi connectivity index (χ2n) is 7.71.